The van der Waals surface area contributed by atoms with Crippen molar-refractivity contribution in [3.63, 3.8) is 0 Å². The Kier molecular flexibility index (Phi) is 7.49. The van der Waals surface area contributed by atoms with Crippen molar-refractivity contribution in [3.05, 3.63) is 30.1 Å². The monoisotopic (exact) mass is 401 g/mol. The van der Waals surface area contributed by atoms with Crippen molar-refractivity contribution in [1.82, 2.24) is 20.6 Å². The van der Waals surface area contributed by atoms with Gasteiger partial charge >= 0.3 is 0 Å². The minimum atomic E-state index is 0. The Morgan fingerprint density at radius 2 is 2.10 bits per heavy atom. The SMILES string of the molecule is CCNC(=NCCc1nc2ccccc2[nH]1)NC(C)C.I. The Bertz CT molecular complexity index is 543. The molecule has 0 atom stereocenters. The van der Waals surface area contributed by atoms with Gasteiger partial charge in [-0.2, -0.15) is 0 Å². The lowest BCUT2D eigenvalue weighted by Gasteiger charge is -2.13. The number of hydrogen-bond donors (Lipinski definition) is 3. The minimum absolute atomic E-state index is 0. The molecule has 1 aromatic carbocycles. The quantitative estimate of drug-likeness (QED) is 0.410. The van der Waals surface area contributed by atoms with Gasteiger partial charge in [0.25, 0.3) is 0 Å². The van der Waals surface area contributed by atoms with Crippen molar-refractivity contribution in [2.45, 2.75) is 33.2 Å². The van der Waals surface area contributed by atoms with E-state index in [9.17, 15) is 0 Å². The summed E-state index contributed by atoms with van der Waals surface area (Å²) in [6.45, 7) is 7.85. The molecule has 0 aliphatic rings. The molecule has 0 radical (unpaired) electrons. The summed E-state index contributed by atoms with van der Waals surface area (Å²) in [5.74, 6) is 1.84. The minimum Gasteiger partial charge on any atom is -0.357 e. The molecule has 0 aliphatic carbocycles. The van der Waals surface area contributed by atoms with Crippen LogP contribution in [0.5, 0.6) is 0 Å². The van der Waals surface area contributed by atoms with Crippen LogP contribution in [-0.4, -0.2) is 35.1 Å². The predicted octanol–water partition coefficient (Wildman–Crippen LogP) is 2.69. The number of nitrogens with one attached hydrogen (secondary N) is 3. The molecule has 1 aromatic heterocycles. The van der Waals surface area contributed by atoms with E-state index in [4.69, 9.17) is 0 Å². The first kappa shape index (κ1) is 17.7. The van der Waals surface area contributed by atoms with Gasteiger partial charge in [0.2, 0.25) is 0 Å². The maximum atomic E-state index is 4.55. The molecular formula is C15H24IN5. The molecule has 2 aromatic rings. The lowest BCUT2D eigenvalue weighted by atomic mass is 10.3. The molecule has 0 saturated carbocycles. The van der Waals surface area contributed by atoms with E-state index < -0.39 is 0 Å². The van der Waals surface area contributed by atoms with Crippen LogP contribution in [0.1, 0.15) is 26.6 Å². The fourth-order valence-corrected chi connectivity index (χ4v) is 1.99. The third-order valence-electron chi connectivity index (χ3n) is 2.83. The second-order valence-electron chi connectivity index (χ2n) is 5.01. The van der Waals surface area contributed by atoms with Gasteiger partial charge in [-0.05, 0) is 32.9 Å². The molecule has 5 nitrogen and oxygen atoms in total. The first-order valence-corrected chi connectivity index (χ1v) is 7.17. The zero-order valence-corrected chi connectivity index (χ0v) is 15.1. The summed E-state index contributed by atoms with van der Waals surface area (Å²) in [6, 6.07) is 8.45. The highest BCUT2D eigenvalue weighted by Crippen LogP contribution is 2.10. The molecule has 0 aliphatic heterocycles. The molecule has 0 bridgehead atoms. The van der Waals surface area contributed by atoms with Crippen LogP contribution in [-0.2, 0) is 6.42 Å². The molecule has 21 heavy (non-hydrogen) atoms. The van der Waals surface area contributed by atoms with E-state index in [-0.39, 0.29) is 24.0 Å². The van der Waals surface area contributed by atoms with E-state index >= 15 is 0 Å². The second-order valence-corrected chi connectivity index (χ2v) is 5.01. The van der Waals surface area contributed by atoms with Crippen molar-refractivity contribution < 1.29 is 0 Å². The van der Waals surface area contributed by atoms with Gasteiger partial charge in [-0.3, -0.25) is 4.99 Å². The van der Waals surface area contributed by atoms with E-state index in [1.807, 2.05) is 24.3 Å². The molecule has 0 spiro atoms. The van der Waals surface area contributed by atoms with Crippen LogP contribution in [0.2, 0.25) is 0 Å². The largest absolute Gasteiger partial charge is 0.357 e. The molecule has 2 rings (SSSR count). The lowest BCUT2D eigenvalue weighted by Crippen LogP contribution is -2.41. The molecule has 1 heterocycles. The number of halogens is 1. The Morgan fingerprint density at radius 1 is 1.33 bits per heavy atom. The van der Waals surface area contributed by atoms with Crippen LogP contribution in [0.3, 0.4) is 0 Å². The Hall–Kier alpha value is -1.31. The molecule has 3 N–H and O–H groups in total. The fourth-order valence-electron chi connectivity index (χ4n) is 1.99. The zero-order chi connectivity index (χ0) is 14.4. The number of aliphatic imine (C=N–C) groups is 1. The topological polar surface area (TPSA) is 65.1 Å². The third kappa shape index (κ3) is 5.53. The molecule has 116 valence electrons. The molecular weight excluding hydrogens is 377 g/mol. The number of hydrogen-bond acceptors (Lipinski definition) is 2. The number of rotatable bonds is 5. The Morgan fingerprint density at radius 3 is 2.76 bits per heavy atom. The average Bonchev–Trinajstić information content (AvgIpc) is 2.80. The van der Waals surface area contributed by atoms with Crippen LogP contribution in [0.25, 0.3) is 11.0 Å². The highest BCUT2D eigenvalue weighted by molar-refractivity contribution is 14.0. The summed E-state index contributed by atoms with van der Waals surface area (Å²) in [7, 11) is 0. The summed E-state index contributed by atoms with van der Waals surface area (Å²) >= 11 is 0. The fraction of sp³-hybridized carbons (Fsp3) is 0.467. The normalized spacial score (nSPS) is 11.5. The predicted molar refractivity (Wildman–Crippen MR) is 99.5 cm³/mol. The van der Waals surface area contributed by atoms with Crippen molar-refractivity contribution in [2.24, 2.45) is 4.99 Å². The number of para-hydroxylation sites is 2. The number of aromatic nitrogens is 2. The van der Waals surface area contributed by atoms with E-state index in [1.54, 1.807) is 0 Å². The van der Waals surface area contributed by atoms with Gasteiger partial charge in [0.1, 0.15) is 5.82 Å². The van der Waals surface area contributed by atoms with Crippen molar-refractivity contribution in [3.8, 4) is 0 Å². The third-order valence-corrected chi connectivity index (χ3v) is 2.83. The van der Waals surface area contributed by atoms with Gasteiger partial charge in [-0.25, -0.2) is 4.98 Å². The number of H-pyrrole nitrogens is 1. The van der Waals surface area contributed by atoms with Crippen molar-refractivity contribution in [1.29, 1.82) is 0 Å². The second kappa shape index (κ2) is 8.86. The molecule has 0 fully saturated rings. The first-order valence-electron chi connectivity index (χ1n) is 7.17. The summed E-state index contributed by atoms with van der Waals surface area (Å²) in [5, 5.41) is 6.54. The van der Waals surface area contributed by atoms with Crippen LogP contribution in [0, 0.1) is 0 Å². The maximum absolute atomic E-state index is 4.55. The van der Waals surface area contributed by atoms with Gasteiger partial charge in [-0.1, -0.05) is 12.1 Å². The lowest BCUT2D eigenvalue weighted by molar-refractivity contribution is 0.699. The molecule has 0 saturated heterocycles. The molecule has 6 heteroatoms. The number of benzene rings is 1. The molecule has 0 amide bonds. The number of aromatic amines is 1. The van der Waals surface area contributed by atoms with Gasteiger partial charge in [-0.15, -0.1) is 24.0 Å². The summed E-state index contributed by atoms with van der Waals surface area (Å²) < 4.78 is 0. The summed E-state index contributed by atoms with van der Waals surface area (Å²) in [6.07, 6.45) is 0.809. The van der Waals surface area contributed by atoms with Crippen LogP contribution >= 0.6 is 24.0 Å². The maximum Gasteiger partial charge on any atom is 0.191 e. The zero-order valence-electron chi connectivity index (χ0n) is 12.8. The highest BCUT2D eigenvalue weighted by Gasteiger charge is 2.02. The first-order chi connectivity index (χ1) is 9.69. The van der Waals surface area contributed by atoms with E-state index in [2.05, 4.69) is 46.4 Å². The van der Waals surface area contributed by atoms with E-state index in [0.29, 0.717) is 12.6 Å². The number of fused-ring (bicyclic) bond motifs is 1. The van der Waals surface area contributed by atoms with Gasteiger partial charge in [0.05, 0.1) is 11.0 Å². The van der Waals surface area contributed by atoms with Gasteiger partial charge < -0.3 is 15.6 Å². The smallest absolute Gasteiger partial charge is 0.191 e. The standard InChI is InChI=1S/C15H23N5.HI/c1-4-16-15(18-11(2)3)17-10-9-14-19-12-7-5-6-8-13(12)20-14;/h5-8,11H,4,9-10H2,1-3H3,(H,19,20)(H2,16,17,18);1H. The average molecular weight is 401 g/mol. The summed E-state index contributed by atoms with van der Waals surface area (Å²) in [4.78, 5) is 12.4. The van der Waals surface area contributed by atoms with E-state index in [0.717, 1.165) is 35.8 Å². The number of nitrogens with zero attached hydrogens (tertiary/aromatic N) is 2. The number of imidazole rings is 1. The van der Waals surface area contributed by atoms with Crippen LogP contribution < -0.4 is 10.6 Å². The van der Waals surface area contributed by atoms with Gasteiger partial charge in [0.15, 0.2) is 5.96 Å². The Balaban J connectivity index is 0.00000220. The number of guanidine groups is 1. The van der Waals surface area contributed by atoms with Crippen LogP contribution in [0.15, 0.2) is 29.3 Å². The molecule has 0 unspecified atom stereocenters. The van der Waals surface area contributed by atoms with Crippen molar-refractivity contribution in [2.75, 3.05) is 13.1 Å². The van der Waals surface area contributed by atoms with Gasteiger partial charge in [0, 0.05) is 25.6 Å². The highest BCUT2D eigenvalue weighted by atomic mass is 127. The Labute approximate surface area is 143 Å². The van der Waals surface area contributed by atoms with E-state index in [1.165, 1.54) is 0 Å². The summed E-state index contributed by atoms with van der Waals surface area (Å²) in [5.41, 5.74) is 2.09. The van der Waals surface area contributed by atoms with Crippen LogP contribution in [0.4, 0.5) is 0 Å². The van der Waals surface area contributed by atoms with Crippen molar-refractivity contribution >= 4 is 41.0 Å².